The minimum atomic E-state index is -0.328. The number of hydrogen-bond donors (Lipinski definition) is 1. The van der Waals surface area contributed by atoms with Crippen LogP contribution in [0, 0.1) is 32.5 Å². The molecule has 1 saturated heterocycles. The predicted molar refractivity (Wildman–Crippen MR) is 116 cm³/mol. The number of aryl methyl sites for hydroxylation is 3. The fraction of sp³-hybridized carbons (Fsp3) is 0.391. The first-order valence-electron chi connectivity index (χ1n) is 9.90. The summed E-state index contributed by atoms with van der Waals surface area (Å²) in [5.74, 6) is -0.416. The molecular weight excluding hydrogens is 389 g/mol. The third-order valence-corrected chi connectivity index (χ3v) is 5.83. The molecule has 0 spiro atoms. The summed E-state index contributed by atoms with van der Waals surface area (Å²) in [4.78, 5) is 14.7. The van der Waals surface area contributed by atoms with Gasteiger partial charge in [0, 0.05) is 23.0 Å². The second kappa shape index (κ2) is 9.51. The Kier molecular flexibility index (Phi) is 7.04. The Morgan fingerprint density at radius 3 is 2.48 bits per heavy atom. The van der Waals surface area contributed by atoms with E-state index in [4.69, 9.17) is 11.6 Å². The molecule has 4 nitrogen and oxygen atoms in total. The van der Waals surface area contributed by atoms with Crippen LogP contribution in [0.5, 0.6) is 0 Å². The SMILES string of the molecule is Cc1cc(C)c(/C=N\NC(=O)C2CCN(Cc3ccc(F)cc3Cl)CC2)c(C)c1. The number of piperidine rings is 1. The van der Waals surface area contributed by atoms with Crippen molar-refractivity contribution in [2.24, 2.45) is 11.0 Å². The van der Waals surface area contributed by atoms with Crippen LogP contribution in [0.4, 0.5) is 4.39 Å². The third kappa shape index (κ3) is 5.64. The normalized spacial score (nSPS) is 15.8. The number of amides is 1. The van der Waals surface area contributed by atoms with Gasteiger partial charge in [-0.3, -0.25) is 9.69 Å². The van der Waals surface area contributed by atoms with E-state index in [2.05, 4.69) is 34.5 Å². The average Bonchev–Trinajstić information content (AvgIpc) is 2.66. The van der Waals surface area contributed by atoms with Crippen LogP contribution < -0.4 is 5.43 Å². The van der Waals surface area contributed by atoms with Crippen molar-refractivity contribution >= 4 is 23.7 Å². The highest BCUT2D eigenvalue weighted by Crippen LogP contribution is 2.23. The molecule has 0 bridgehead atoms. The Morgan fingerprint density at radius 1 is 1.21 bits per heavy atom. The summed E-state index contributed by atoms with van der Waals surface area (Å²) in [7, 11) is 0. The molecule has 1 aliphatic rings. The Bertz CT molecular complexity index is 897. The van der Waals surface area contributed by atoms with E-state index in [1.807, 2.05) is 13.8 Å². The minimum absolute atomic E-state index is 0.0388. The molecule has 1 heterocycles. The summed E-state index contributed by atoms with van der Waals surface area (Å²) in [6.07, 6.45) is 3.26. The maximum atomic E-state index is 13.2. The van der Waals surface area contributed by atoms with E-state index in [1.165, 1.54) is 17.7 Å². The fourth-order valence-electron chi connectivity index (χ4n) is 3.89. The summed E-state index contributed by atoms with van der Waals surface area (Å²) in [6.45, 7) is 8.42. The molecule has 0 saturated carbocycles. The summed E-state index contributed by atoms with van der Waals surface area (Å²) in [5, 5.41) is 4.63. The number of likely N-dealkylation sites (tertiary alicyclic amines) is 1. The first kappa shape index (κ1) is 21.5. The quantitative estimate of drug-likeness (QED) is 0.564. The molecule has 1 amide bonds. The summed E-state index contributed by atoms with van der Waals surface area (Å²) >= 11 is 6.12. The number of nitrogens with one attached hydrogen (secondary N) is 1. The van der Waals surface area contributed by atoms with Crippen LogP contribution in [0.25, 0.3) is 0 Å². The lowest BCUT2D eigenvalue weighted by Crippen LogP contribution is -2.39. The highest BCUT2D eigenvalue weighted by molar-refractivity contribution is 6.31. The average molecular weight is 416 g/mol. The first-order valence-corrected chi connectivity index (χ1v) is 10.3. The summed E-state index contributed by atoms with van der Waals surface area (Å²) in [5.41, 5.74) is 8.16. The van der Waals surface area contributed by atoms with Crippen LogP contribution in [0.15, 0.2) is 35.4 Å². The van der Waals surface area contributed by atoms with Crippen molar-refractivity contribution in [3.05, 3.63) is 69.0 Å². The molecule has 0 atom stereocenters. The number of hydrazone groups is 1. The van der Waals surface area contributed by atoms with Gasteiger partial charge in [-0.15, -0.1) is 0 Å². The van der Waals surface area contributed by atoms with Crippen molar-refractivity contribution < 1.29 is 9.18 Å². The Labute approximate surface area is 176 Å². The predicted octanol–water partition coefficient (Wildman–Crippen LogP) is 4.77. The molecule has 2 aromatic carbocycles. The van der Waals surface area contributed by atoms with Gasteiger partial charge in [0.25, 0.3) is 0 Å². The number of carbonyl (C=O) groups is 1. The fourth-order valence-corrected chi connectivity index (χ4v) is 4.12. The van der Waals surface area contributed by atoms with Gasteiger partial charge < -0.3 is 0 Å². The number of benzene rings is 2. The zero-order valence-electron chi connectivity index (χ0n) is 17.1. The van der Waals surface area contributed by atoms with Gasteiger partial charge in [-0.25, -0.2) is 9.82 Å². The van der Waals surface area contributed by atoms with Gasteiger partial charge in [0.05, 0.1) is 6.21 Å². The molecule has 0 aliphatic carbocycles. The van der Waals surface area contributed by atoms with Crippen LogP contribution in [-0.2, 0) is 11.3 Å². The Morgan fingerprint density at radius 2 is 1.86 bits per heavy atom. The van der Waals surface area contributed by atoms with Crippen molar-refractivity contribution in [1.29, 1.82) is 0 Å². The molecular formula is C23H27ClFN3O. The molecule has 1 fully saturated rings. The van der Waals surface area contributed by atoms with E-state index >= 15 is 0 Å². The molecule has 0 unspecified atom stereocenters. The standard InChI is InChI=1S/C23H27ClFN3O/c1-15-10-16(2)21(17(3)11-15)13-26-27-23(29)18-6-8-28(9-7-18)14-19-4-5-20(25)12-22(19)24/h4-5,10-13,18H,6-9,14H2,1-3H3,(H,27,29)/b26-13-. The molecule has 1 aliphatic heterocycles. The van der Waals surface area contributed by atoms with E-state index in [-0.39, 0.29) is 17.6 Å². The molecule has 29 heavy (non-hydrogen) atoms. The van der Waals surface area contributed by atoms with Crippen molar-refractivity contribution in [2.75, 3.05) is 13.1 Å². The van der Waals surface area contributed by atoms with Crippen LogP contribution in [-0.4, -0.2) is 30.1 Å². The molecule has 154 valence electrons. The van der Waals surface area contributed by atoms with Crippen molar-refractivity contribution in [1.82, 2.24) is 10.3 Å². The maximum absolute atomic E-state index is 13.2. The van der Waals surface area contributed by atoms with E-state index in [0.29, 0.717) is 11.6 Å². The van der Waals surface area contributed by atoms with Crippen LogP contribution in [0.1, 0.15) is 40.7 Å². The third-order valence-electron chi connectivity index (χ3n) is 5.47. The van der Waals surface area contributed by atoms with Crippen LogP contribution in [0.2, 0.25) is 5.02 Å². The number of rotatable bonds is 5. The molecule has 0 aromatic heterocycles. The van der Waals surface area contributed by atoms with E-state index in [9.17, 15) is 9.18 Å². The molecule has 0 radical (unpaired) electrons. The highest BCUT2D eigenvalue weighted by Gasteiger charge is 2.25. The zero-order chi connectivity index (χ0) is 21.0. The lowest BCUT2D eigenvalue weighted by atomic mass is 9.96. The van der Waals surface area contributed by atoms with E-state index in [1.54, 1.807) is 12.3 Å². The van der Waals surface area contributed by atoms with Gasteiger partial charge in [0.1, 0.15) is 5.82 Å². The van der Waals surface area contributed by atoms with Gasteiger partial charge in [-0.2, -0.15) is 5.10 Å². The molecule has 6 heteroatoms. The minimum Gasteiger partial charge on any atom is -0.299 e. The van der Waals surface area contributed by atoms with Gasteiger partial charge >= 0.3 is 0 Å². The first-order chi connectivity index (χ1) is 13.8. The Balaban J connectivity index is 1.50. The van der Waals surface area contributed by atoms with Crippen molar-refractivity contribution in [3.8, 4) is 0 Å². The number of carbonyl (C=O) groups excluding carboxylic acids is 1. The lowest BCUT2D eigenvalue weighted by Gasteiger charge is -2.31. The summed E-state index contributed by atoms with van der Waals surface area (Å²) < 4.78 is 13.2. The molecule has 1 N–H and O–H groups in total. The Hall–Kier alpha value is -2.24. The number of hydrogen-bond acceptors (Lipinski definition) is 3. The van der Waals surface area contributed by atoms with Gasteiger partial charge in [0.15, 0.2) is 0 Å². The zero-order valence-corrected chi connectivity index (χ0v) is 17.9. The largest absolute Gasteiger partial charge is 0.299 e. The molecule has 3 rings (SSSR count). The maximum Gasteiger partial charge on any atom is 0.243 e. The second-order valence-corrected chi connectivity index (χ2v) is 8.24. The van der Waals surface area contributed by atoms with E-state index in [0.717, 1.165) is 48.2 Å². The van der Waals surface area contributed by atoms with Crippen molar-refractivity contribution in [3.63, 3.8) is 0 Å². The summed E-state index contributed by atoms with van der Waals surface area (Å²) in [6, 6.07) is 8.71. The van der Waals surface area contributed by atoms with Crippen LogP contribution >= 0.6 is 11.6 Å². The van der Waals surface area contributed by atoms with Crippen molar-refractivity contribution in [2.45, 2.75) is 40.2 Å². The highest BCUT2D eigenvalue weighted by atomic mass is 35.5. The monoisotopic (exact) mass is 415 g/mol. The van der Waals surface area contributed by atoms with Crippen LogP contribution in [0.3, 0.4) is 0 Å². The lowest BCUT2D eigenvalue weighted by molar-refractivity contribution is -0.126. The number of halogens is 2. The van der Waals surface area contributed by atoms with Gasteiger partial charge in [0.2, 0.25) is 5.91 Å². The smallest absolute Gasteiger partial charge is 0.243 e. The molecule has 2 aromatic rings. The van der Waals surface area contributed by atoms with Gasteiger partial charge in [-0.1, -0.05) is 35.4 Å². The number of nitrogens with zero attached hydrogens (tertiary/aromatic N) is 2. The second-order valence-electron chi connectivity index (χ2n) is 7.83. The van der Waals surface area contributed by atoms with Gasteiger partial charge in [-0.05, 0) is 75.5 Å². The van der Waals surface area contributed by atoms with E-state index < -0.39 is 0 Å². The topological polar surface area (TPSA) is 44.7 Å².